The molecule has 0 N–H and O–H groups in total. The van der Waals surface area contributed by atoms with E-state index in [2.05, 4.69) is 26.0 Å². The fourth-order valence-corrected chi connectivity index (χ4v) is 3.32. The highest BCUT2D eigenvalue weighted by atomic mass is 16.6. The minimum atomic E-state index is -0.252. The lowest BCUT2D eigenvalue weighted by atomic mass is 9.94. The average molecular weight is 375 g/mol. The van der Waals surface area contributed by atoms with E-state index in [0.717, 1.165) is 12.0 Å². The normalized spacial score (nSPS) is 16.3. The minimum absolute atomic E-state index is 0.0168. The molecule has 0 bridgehead atoms. The van der Waals surface area contributed by atoms with E-state index in [1.165, 1.54) is 0 Å². The van der Waals surface area contributed by atoms with Crippen molar-refractivity contribution in [3.05, 3.63) is 35.9 Å². The first-order chi connectivity index (χ1) is 12.9. The zero-order chi connectivity index (χ0) is 19.8. The maximum atomic E-state index is 13.2. The number of ether oxygens (including phenoxy) is 1. The summed E-state index contributed by atoms with van der Waals surface area (Å²) in [6.45, 7) is 10.5. The second kappa shape index (κ2) is 10.3. The number of likely N-dealkylation sites (tertiary alicyclic amines) is 1. The number of carbonyl (C=O) groups excluding carboxylic acids is 2. The highest BCUT2D eigenvalue weighted by Gasteiger charge is 2.32. The molecular weight excluding hydrogens is 340 g/mol. The molecule has 0 aliphatic carbocycles. The van der Waals surface area contributed by atoms with Crippen molar-refractivity contribution in [2.75, 3.05) is 19.7 Å². The number of nitrogens with zero attached hydrogens (tertiary/aromatic N) is 2. The molecule has 1 atom stereocenters. The number of piperidine rings is 1. The third kappa shape index (κ3) is 6.26. The van der Waals surface area contributed by atoms with Crippen LogP contribution < -0.4 is 0 Å². The molecule has 1 aliphatic rings. The van der Waals surface area contributed by atoms with Crippen molar-refractivity contribution in [2.24, 2.45) is 11.8 Å². The Labute approximate surface area is 163 Å². The molecule has 1 saturated heterocycles. The van der Waals surface area contributed by atoms with Crippen LogP contribution >= 0.6 is 0 Å². The van der Waals surface area contributed by atoms with Crippen LogP contribution in [0.25, 0.3) is 0 Å². The highest BCUT2D eigenvalue weighted by molar-refractivity contribution is 5.79. The summed E-state index contributed by atoms with van der Waals surface area (Å²) in [6, 6.07) is 10.3. The highest BCUT2D eigenvalue weighted by Crippen LogP contribution is 2.23. The first-order valence-corrected chi connectivity index (χ1v) is 10.2. The number of benzene rings is 1. The van der Waals surface area contributed by atoms with Crippen molar-refractivity contribution in [3.8, 4) is 0 Å². The molecule has 2 amide bonds. The second-order valence-corrected chi connectivity index (χ2v) is 7.94. The van der Waals surface area contributed by atoms with Crippen LogP contribution in [-0.4, -0.2) is 47.5 Å². The first-order valence-electron chi connectivity index (χ1n) is 10.2. The lowest BCUT2D eigenvalue weighted by Gasteiger charge is -2.36. The van der Waals surface area contributed by atoms with E-state index in [1.54, 1.807) is 4.90 Å². The van der Waals surface area contributed by atoms with Gasteiger partial charge in [-0.2, -0.15) is 0 Å². The quantitative estimate of drug-likeness (QED) is 0.714. The molecule has 0 radical (unpaired) electrons. The molecule has 1 aliphatic heterocycles. The second-order valence-electron chi connectivity index (χ2n) is 7.94. The van der Waals surface area contributed by atoms with Gasteiger partial charge in [0.25, 0.3) is 0 Å². The molecule has 5 heteroatoms. The lowest BCUT2D eigenvalue weighted by molar-refractivity contribution is -0.139. The van der Waals surface area contributed by atoms with E-state index in [1.807, 2.05) is 36.9 Å². The van der Waals surface area contributed by atoms with Crippen molar-refractivity contribution in [1.82, 2.24) is 9.80 Å². The van der Waals surface area contributed by atoms with E-state index < -0.39 is 0 Å². The molecular formula is C22H34N2O3. The van der Waals surface area contributed by atoms with Crippen LogP contribution in [0.5, 0.6) is 0 Å². The van der Waals surface area contributed by atoms with Gasteiger partial charge in [0.05, 0.1) is 6.61 Å². The summed E-state index contributed by atoms with van der Waals surface area (Å²) in [6.07, 6.45) is 2.09. The van der Waals surface area contributed by atoms with Crippen LogP contribution in [0.3, 0.4) is 0 Å². The molecule has 0 saturated carbocycles. The lowest BCUT2D eigenvalue weighted by Crippen LogP contribution is -2.46. The smallest absolute Gasteiger partial charge is 0.409 e. The van der Waals surface area contributed by atoms with E-state index in [-0.39, 0.29) is 24.0 Å². The SMILES string of the molecule is CCC(C)N(Cc1ccccc1)C(=O)C1CCN(C(=O)OCC(C)C)CC1. The van der Waals surface area contributed by atoms with Gasteiger partial charge in [-0.15, -0.1) is 0 Å². The standard InChI is InChI=1S/C22H34N2O3/c1-5-18(4)24(15-19-9-7-6-8-10-19)21(25)20-11-13-23(14-12-20)22(26)27-16-17(2)3/h6-10,17-18,20H,5,11-16H2,1-4H3. The van der Waals surface area contributed by atoms with Crippen LogP contribution in [0.2, 0.25) is 0 Å². The van der Waals surface area contributed by atoms with E-state index >= 15 is 0 Å². The Morgan fingerprint density at radius 2 is 1.78 bits per heavy atom. The summed E-state index contributed by atoms with van der Waals surface area (Å²) in [4.78, 5) is 29.0. The van der Waals surface area contributed by atoms with Crippen LogP contribution in [0, 0.1) is 11.8 Å². The first kappa shape index (κ1) is 21.3. The Kier molecular flexibility index (Phi) is 8.14. The maximum Gasteiger partial charge on any atom is 0.409 e. The molecule has 1 aromatic carbocycles. The molecule has 0 aromatic heterocycles. The summed E-state index contributed by atoms with van der Waals surface area (Å²) in [5, 5.41) is 0. The zero-order valence-electron chi connectivity index (χ0n) is 17.2. The van der Waals surface area contributed by atoms with Crippen molar-refractivity contribution in [3.63, 3.8) is 0 Å². The summed E-state index contributed by atoms with van der Waals surface area (Å²) < 4.78 is 5.31. The van der Waals surface area contributed by atoms with E-state index in [9.17, 15) is 9.59 Å². The van der Waals surface area contributed by atoms with Gasteiger partial charge in [0.15, 0.2) is 0 Å². The Balaban J connectivity index is 1.93. The predicted molar refractivity (Wildman–Crippen MR) is 107 cm³/mol. The number of carbonyl (C=O) groups is 2. The fourth-order valence-electron chi connectivity index (χ4n) is 3.32. The van der Waals surface area contributed by atoms with Crippen LogP contribution in [0.1, 0.15) is 52.5 Å². The Bertz CT molecular complexity index is 595. The fraction of sp³-hybridized carbons (Fsp3) is 0.636. The van der Waals surface area contributed by atoms with Gasteiger partial charge >= 0.3 is 6.09 Å². The molecule has 1 aromatic rings. The summed E-state index contributed by atoms with van der Waals surface area (Å²) >= 11 is 0. The van der Waals surface area contributed by atoms with E-state index in [4.69, 9.17) is 4.74 Å². The molecule has 1 heterocycles. The van der Waals surface area contributed by atoms with Gasteiger partial charge in [-0.1, -0.05) is 51.1 Å². The van der Waals surface area contributed by atoms with Crippen LogP contribution in [0.4, 0.5) is 4.79 Å². The number of hydrogen-bond donors (Lipinski definition) is 0. The Morgan fingerprint density at radius 1 is 1.15 bits per heavy atom. The monoisotopic (exact) mass is 374 g/mol. The number of hydrogen-bond acceptors (Lipinski definition) is 3. The predicted octanol–water partition coefficient (Wildman–Crippen LogP) is 4.32. The maximum absolute atomic E-state index is 13.2. The van der Waals surface area contributed by atoms with Gasteiger partial charge in [0, 0.05) is 31.6 Å². The molecule has 1 unspecified atom stereocenters. The third-order valence-corrected chi connectivity index (χ3v) is 5.24. The minimum Gasteiger partial charge on any atom is -0.449 e. The molecule has 0 spiro atoms. The zero-order valence-corrected chi connectivity index (χ0v) is 17.2. The Hall–Kier alpha value is -2.04. The summed E-state index contributed by atoms with van der Waals surface area (Å²) in [5.41, 5.74) is 1.15. The van der Waals surface area contributed by atoms with Crippen LogP contribution in [-0.2, 0) is 16.1 Å². The number of rotatable bonds is 7. The Morgan fingerprint density at radius 3 is 2.33 bits per heavy atom. The molecule has 150 valence electrons. The molecule has 5 nitrogen and oxygen atoms in total. The van der Waals surface area contributed by atoms with Gasteiger partial charge < -0.3 is 14.5 Å². The van der Waals surface area contributed by atoms with Crippen molar-refractivity contribution >= 4 is 12.0 Å². The van der Waals surface area contributed by atoms with Crippen molar-refractivity contribution < 1.29 is 14.3 Å². The summed E-state index contributed by atoms with van der Waals surface area (Å²) in [5.74, 6) is 0.524. The van der Waals surface area contributed by atoms with E-state index in [0.29, 0.717) is 45.0 Å². The largest absolute Gasteiger partial charge is 0.449 e. The molecule has 2 rings (SSSR count). The summed E-state index contributed by atoms with van der Waals surface area (Å²) in [7, 11) is 0. The average Bonchev–Trinajstić information content (AvgIpc) is 2.70. The topological polar surface area (TPSA) is 49.9 Å². The van der Waals surface area contributed by atoms with Gasteiger partial charge in [-0.3, -0.25) is 4.79 Å². The van der Waals surface area contributed by atoms with Crippen molar-refractivity contribution in [2.45, 2.75) is 59.5 Å². The molecule has 27 heavy (non-hydrogen) atoms. The third-order valence-electron chi connectivity index (χ3n) is 5.24. The number of amides is 2. The van der Waals surface area contributed by atoms with Gasteiger partial charge in [0.1, 0.15) is 0 Å². The van der Waals surface area contributed by atoms with Gasteiger partial charge in [-0.05, 0) is 37.7 Å². The molecule has 1 fully saturated rings. The van der Waals surface area contributed by atoms with Gasteiger partial charge in [-0.25, -0.2) is 4.79 Å². The van der Waals surface area contributed by atoms with Crippen molar-refractivity contribution in [1.29, 1.82) is 0 Å². The van der Waals surface area contributed by atoms with Crippen LogP contribution in [0.15, 0.2) is 30.3 Å². The van der Waals surface area contributed by atoms with Gasteiger partial charge in [0.2, 0.25) is 5.91 Å².